The standard InChI is InChI=1S/C43H33N7O12S2.Na/c1-21-15-23(7-13-32(21)44)41(53)45-27-9-11-29-25(17-27)19-35(63(57,58)59)37(39(29)51)49-47-33-14-8-24(16-22(33)2)42(54)46-28-10-12-30-26(18-28)20-36(64(60,61)62)38(40(30)52)50-48-34-6-4-3-5-31(34)43(55)56;/h3-20,51-52H,44H2,1-2H3,(H,45,53)(H,46,54)(H,55,56)(H,57,58,59)(H,60,61,62);/q;+1/p-1. The van der Waals surface area contributed by atoms with E-state index in [9.17, 15) is 56.3 Å². The number of aryl methyl sites for hydroxylation is 2. The number of aliphatic hydroxyl groups is 2. The third-order valence-corrected chi connectivity index (χ3v) is 11.4. The number of carbonyl (C=O) groups is 1. The van der Waals surface area contributed by atoms with Gasteiger partial charge in [0.15, 0.2) is 5.75 Å². The fourth-order valence-electron chi connectivity index (χ4n) is 6.43. The van der Waals surface area contributed by atoms with Gasteiger partial charge in [-0.3, -0.25) is 9.11 Å². The third kappa shape index (κ3) is 10.2. The molecule has 0 saturated heterocycles. The summed E-state index contributed by atoms with van der Waals surface area (Å²) in [4.78, 5) is 18.2. The molecule has 0 saturated carbocycles. The Morgan fingerprint density at radius 2 is 1.11 bits per heavy atom. The molecule has 22 heteroatoms. The molecule has 0 aromatic heterocycles. The molecule has 8 N–H and O–H groups in total. The average molecular weight is 926 g/mol. The van der Waals surface area contributed by atoms with E-state index in [1.807, 2.05) is 0 Å². The molecule has 0 radical (unpaired) electrons. The Morgan fingerprint density at radius 3 is 1.68 bits per heavy atom. The van der Waals surface area contributed by atoms with Gasteiger partial charge in [-0.2, -0.15) is 21.9 Å². The Kier molecular flexibility index (Phi) is 13.5. The summed E-state index contributed by atoms with van der Waals surface area (Å²) in [5.74, 6) is -3.81. The number of carboxylic acids is 1. The minimum absolute atomic E-state index is 0. The maximum absolute atomic E-state index is 13.6. The number of phenols is 1. The van der Waals surface area contributed by atoms with Crippen LogP contribution >= 0.6 is 0 Å². The number of aromatic hydroxyl groups is 1. The van der Waals surface area contributed by atoms with Gasteiger partial charge in [0.05, 0.1) is 28.3 Å². The fourth-order valence-corrected chi connectivity index (χ4v) is 7.74. The fraction of sp³-hybridized carbons (Fsp3) is 0.0465. The van der Waals surface area contributed by atoms with Crippen molar-refractivity contribution in [1.29, 1.82) is 0 Å². The predicted octanol–water partition coefficient (Wildman–Crippen LogP) is 6.27. The van der Waals surface area contributed by atoms with Crippen LogP contribution in [0.1, 0.15) is 32.6 Å². The van der Waals surface area contributed by atoms with Crippen molar-refractivity contribution in [3.05, 3.63) is 137 Å². The summed E-state index contributed by atoms with van der Waals surface area (Å²) in [6.07, 6.45) is 0. The van der Waals surface area contributed by atoms with Gasteiger partial charge < -0.3 is 31.3 Å². The number of nitrogen functional groups attached to an aromatic ring is 1. The maximum atomic E-state index is 13.6. The van der Waals surface area contributed by atoms with E-state index in [2.05, 4.69) is 30.4 Å². The first kappa shape index (κ1) is 47.4. The second-order valence-corrected chi connectivity index (χ2v) is 16.8. The van der Waals surface area contributed by atoms with Gasteiger partial charge in [0, 0.05) is 22.2 Å². The van der Waals surface area contributed by atoms with E-state index in [0.717, 1.165) is 12.1 Å². The van der Waals surface area contributed by atoms with Crippen LogP contribution in [-0.4, -0.2) is 64.1 Å². The van der Waals surface area contributed by atoms with Gasteiger partial charge in [-0.15, -0.1) is 15.3 Å². The molecule has 0 atom stereocenters. The summed E-state index contributed by atoms with van der Waals surface area (Å²) < 4.78 is 69.9. The molecular weight excluding hydrogens is 894 g/mol. The van der Waals surface area contributed by atoms with Crippen molar-refractivity contribution >= 4 is 99.4 Å². The van der Waals surface area contributed by atoms with Gasteiger partial charge in [0.25, 0.3) is 20.2 Å². The first-order valence-electron chi connectivity index (χ1n) is 18.4. The molecule has 0 aliphatic rings. The Hall–Kier alpha value is -7.11. The third-order valence-electron chi connectivity index (χ3n) is 9.71. The Balaban J connectivity index is 0.00000700. The molecule has 0 amide bonds. The summed E-state index contributed by atoms with van der Waals surface area (Å²) in [5.41, 5.74) is 6.59. The van der Waals surface area contributed by atoms with Crippen LogP contribution < -0.4 is 40.4 Å². The second-order valence-electron chi connectivity index (χ2n) is 14.1. The first-order chi connectivity index (χ1) is 30.2. The SMILES string of the molecule is Cc1cc(C(O)=Nc2ccc3c([O-])c(N=Nc4ccc(C(O)=Nc5ccc6c(O)c(N=Nc7ccccc7C(=O)O)c(S(=O)(=O)O)cc6c5)cc4C)c(S(=O)(=O)O)cc3c2)ccc1N.[Na+]. The van der Waals surface area contributed by atoms with Crippen molar-refractivity contribution in [3.63, 3.8) is 0 Å². The number of carboxylic acid groups (broad SMARTS) is 1. The first-order valence-corrected chi connectivity index (χ1v) is 21.3. The molecule has 7 aromatic rings. The zero-order valence-electron chi connectivity index (χ0n) is 34.1. The van der Waals surface area contributed by atoms with Crippen LogP contribution in [0.25, 0.3) is 21.5 Å². The van der Waals surface area contributed by atoms with Crippen LogP contribution in [0.4, 0.5) is 39.8 Å². The van der Waals surface area contributed by atoms with Crippen molar-refractivity contribution < 1.29 is 85.8 Å². The number of benzene rings is 7. The number of aromatic carboxylic acids is 1. The van der Waals surface area contributed by atoms with Crippen LogP contribution in [-0.2, 0) is 20.2 Å². The number of aliphatic imine (C=N–C) groups is 2. The van der Waals surface area contributed by atoms with Gasteiger partial charge in [-0.25, -0.2) is 14.8 Å². The van der Waals surface area contributed by atoms with Crippen molar-refractivity contribution in [3.8, 4) is 11.5 Å². The minimum Gasteiger partial charge on any atom is -0.871 e. The van der Waals surface area contributed by atoms with Gasteiger partial charge in [-0.1, -0.05) is 23.9 Å². The van der Waals surface area contributed by atoms with Gasteiger partial charge in [0.2, 0.25) is 11.8 Å². The van der Waals surface area contributed by atoms with Crippen molar-refractivity contribution in [1.82, 2.24) is 0 Å². The molecule has 0 fully saturated rings. The molecule has 0 heterocycles. The van der Waals surface area contributed by atoms with Crippen LogP contribution in [0, 0.1) is 13.8 Å². The maximum Gasteiger partial charge on any atom is 1.00 e. The molecule has 324 valence electrons. The molecular formula is C43H32N7NaO12S2. The van der Waals surface area contributed by atoms with Crippen LogP contribution in [0.5, 0.6) is 11.5 Å². The number of hydrogen-bond donors (Lipinski definition) is 7. The molecule has 0 unspecified atom stereocenters. The van der Waals surface area contributed by atoms with Gasteiger partial charge >= 0.3 is 35.5 Å². The summed E-state index contributed by atoms with van der Waals surface area (Å²) in [6.45, 7) is 3.32. The topological polar surface area (TPSA) is 330 Å². The Bertz CT molecular complexity index is 3470. The number of aliphatic hydroxyl groups excluding tert-OH is 2. The summed E-state index contributed by atoms with van der Waals surface area (Å²) in [6, 6.07) is 24.6. The van der Waals surface area contributed by atoms with E-state index < -0.39 is 64.8 Å². The average Bonchev–Trinajstić information content (AvgIpc) is 3.23. The van der Waals surface area contributed by atoms with Crippen molar-refractivity contribution in [2.24, 2.45) is 30.4 Å². The van der Waals surface area contributed by atoms with Gasteiger partial charge in [-0.05, 0) is 132 Å². The number of azo groups is 2. The predicted molar refractivity (Wildman–Crippen MR) is 235 cm³/mol. The minimum atomic E-state index is -5.03. The smallest absolute Gasteiger partial charge is 0.871 e. The van der Waals surface area contributed by atoms with E-state index in [4.69, 9.17) is 5.73 Å². The largest absolute Gasteiger partial charge is 1.00 e. The summed E-state index contributed by atoms with van der Waals surface area (Å²) in [7, 11) is -10.1. The number of phenolic OH excluding ortho intramolecular Hbond substituents is 1. The quantitative estimate of drug-likeness (QED) is 0.0188. The van der Waals surface area contributed by atoms with E-state index in [1.54, 1.807) is 32.0 Å². The van der Waals surface area contributed by atoms with Gasteiger partial charge in [0.1, 0.15) is 21.2 Å². The zero-order chi connectivity index (χ0) is 46.2. The number of hydrogen-bond acceptors (Lipinski definition) is 14. The van der Waals surface area contributed by atoms with E-state index in [1.165, 1.54) is 78.9 Å². The molecule has 0 spiro atoms. The number of nitrogens with zero attached hydrogens (tertiary/aromatic N) is 6. The van der Waals surface area contributed by atoms with E-state index in [0.29, 0.717) is 22.4 Å². The summed E-state index contributed by atoms with van der Waals surface area (Å²) >= 11 is 0. The number of fused-ring (bicyclic) bond motifs is 2. The van der Waals surface area contributed by atoms with Crippen molar-refractivity contribution in [2.45, 2.75) is 23.6 Å². The molecule has 7 aromatic carbocycles. The Labute approximate surface area is 391 Å². The number of nitrogens with two attached hydrogens (primary N) is 1. The van der Waals surface area contributed by atoms with Crippen molar-refractivity contribution in [2.75, 3.05) is 5.73 Å². The van der Waals surface area contributed by atoms with Crippen LogP contribution in [0.2, 0.25) is 0 Å². The molecule has 65 heavy (non-hydrogen) atoms. The monoisotopic (exact) mass is 925 g/mol. The Morgan fingerprint density at radius 1 is 0.600 bits per heavy atom. The van der Waals surface area contributed by atoms with E-state index in [-0.39, 0.29) is 90.9 Å². The second kappa shape index (κ2) is 18.5. The number of anilines is 1. The summed E-state index contributed by atoms with van der Waals surface area (Å²) in [5, 5.41) is 71.4. The molecule has 7 rings (SSSR count). The van der Waals surface area contributed by atoms with Crippen LogP contribution in [0.15, 0.2) is 149 Å². The van der Waals surface area contributed by atoms with Crippen LogP contribution in [0.3, 0.4) is 0 Å². The number of rotatable bonds is 11. The normalized spacial score (nSPS) is 12.6. The van der Waals surface area contributed by atoms with E-state index >= 15 is 0 Å². The zero-order valence-corrected chi connectivity index (χ0v) is 37.7. The molecule has 19 nitrogen and oxygen atoms in total. The molecule has 0 bridgehead atoms. The molecule has 0 aliphatic heterocycles. The molecule has 0 aliphatic carbocycles.